The Balaban J connectivity index is 2.92. The Morgan fingerprint density at radius 2 is 1.89 bits per heavy atom. The summed E-state index contributed by atoms with van der Waals surface area (Å²) in [5, 5.41) is 0.590. The molecule has 0 spiro atoms. The van der Waals surface area contributed by atoms with Gasteiger partial charge in [-0.25, -0.2) is 4.79 Å². The second-order valence-electron chi connectivity index (χ2n) is 3.37. The molecule has 1 aromatic carbocycles. The van der Waals surface area contributed by atoms with Crippen molar-refractivity contribution in [3.05, 3.63) is 40.8 Å². The number of ether oxygens (including phenoxy) is 3. The standard InChI is InChI=1S/C13H15ClO4/c1-4-17-13(15)12(9(2)16-3)18-11-7-5-10(14)6-8-11/h5-8H,4H2,1-3H3. The van der Waals surface area contributed by atoms with Gasteiger partial charge in [-0.2, -0.15) is 0 Å². The highest BCUT2D eigenvalue weighted by atomic mass is 35.5. The van der Waals surface area contributed by atoms with Gasteiger partial charge in [0.05, 0.1) is 13.7 Å². The molecule has 0 unspecified atom stereocenters. The third-order valence-electron chi connectivity index (χ3n) is 2.12. The van der Waals surface area contributed by atoms with E-state index in [2.05, 4.69) is 0 Å². The van der Waals surface area contributed by atoms with Crippen LogP contribution >= 0.6 is 11.6 Å². The summed E-state index contributed by atoms with van der Waals surface area (Å²) in [6.07, 6.45) is 0. The zero-order valence-electron chi connectivity index (χ0n) is 10.5. The topological polar surface area (TPSA) is 44.8 Å². The molecule has 0 bridgehead atoms. The molecule has 0 aliphatic carbocycles. The average molecular weight is 271 g/mol. The van der Waals surface area contributed by atoms with Crippen LogP contribution in [-0.2, 0) is 14.3 Å². The van der Waals surface area contributed by atoms with E-state index in [4.69, 9.17) is 25.8 Å². The van der Waals surface area contributed by atoms with Gasteiger partial charge in [0.1, 0.15) is 11.5 Å². The van der Waals surface area contributed by atoms with Gasteiger partial charge in [0, 0.05) is 5.02 Å². The zero-order chi connectivity index (χ0) is 13.5. The smallest absolute Gasteiger partial charge is 0.377 e. The van der Waals surface area contributed by atoms with Crippen LogP contribution in [0.1, 0.15) is 13.8 Å². The SMILES string of the molecule is CCOC(=O)C(Oc1ccc(Cl)cc1)=C(C)OC. The summed E-state index contributed by atoms with van der Waals surface area (Å²) >= 11 is 5.77. The summed E-state index contributed by atoms with van der Waals surface area (Å²) in [4.78, 5) is 11.7. The maximum Gasteiger partial charge on any atom is 0.377 e. The molecule has 0 atom stereocenters. The largest absolute Gasteiger partial charge is 0.497 e. The van der Waals surface area contributed by atoms with E-state index >= 15 is 0 Å². The van der Waals surface area contributed by atoms with E-state index in [1.165, 1.54) is 7.11 Å². The van der Waals surface area contributed by atoms with Crippen LogP contribution in [0.3, 0.4) is 0 Å². The molecule has 0 fully saturated rings. The van der Waals surface area contributed by atoms with Gasteiger partial charge in [0.25, 0.3) is 0 Å². The van der Waals surface area contributed by atoms with Crippen LogP contribution < -0.4 is 4.74 Å². The Morgan fingerprint density at radius 1 is 1.28 bits per heavy atom. The summed E-state index contributed by atoms with van der Waals surface area (Å²) in [6, 6.07) is 6.65. The number of rotatable bonds is 5. The molecule has 1 aromatic rings. The van der Waals surface area contributed by atoms with Crippen molar-refractivity contribution < 1.29 is 19.0 Å². The average Bonchev–Trinajstić information content (AvgIpc) is 2.37. The Morgan fingerprint density at radius 3 is 2.39 bits per heavy atom. The van der Waals surface area contributed by atoms with Gasteiger partial charge >= 0.3 is 5.97 Å². The monoisotopic (exact) mass is 270 g/mol. The van der Waals surface area contributed by atoms with E-state index in [0.717, 1.165) is 0 Å². The van der Waals surface area contributed by atoms with Crippen LogP contribution in [0.25, 0.3) is 0 Å². The first kappa shape index (κ1) is 14.4. The van der Waals surface area contributed by atoms with Crippen molar-refractivity contribution in [1.82, 2.24) is 0 Å². The predicted molar refractivity (Wildman–Crippen MR) is 68.4 cm³/mol. The van der Waals surface area contributed by atoms with Gasteiger partial charge in [-0.15, -0.1) is 0 Å². The number of esters is 1. The van der Waals surface area contributed by atoms with Crippen LogP contribution in [0.2, 0.25) is 5.02 Å². The van der Waals surface area contributed by atoms with Crippen molar-refractivity contribution in [3.63, 3.8) is 0 Å². The molecule has 0 heterocycles. The van der Waals surface area contributed by atoms with Crippen LogP contribution in [0.4, 0.5) is 0 Å². The Bertz CT molecular complexity index is 437. The summed E-state index contributed by atoms with van der Waals surface area (Å²) < 4.78 is 15.4. The minimum Gasteiger partial charge on any atom is -0.497 e. The molecule has 0 amide bonds. The highest BCUT2D eigenvalue weighted by molar-refractivity contribution is 6.30. The van der Waals surface area contributed by atoms with Gasteiger partial charge in [-0.1, -0.05) is 11.6 Å². The zero-order valence-corrected chi connectivity index (χ0v) is 11.3. The summed E-state index contributed by atoms with van der Waals surface area (Å²) in [7, 11) is 1.46. The van der Waals surface area contributed by atoms with Crippen molar-refractivity contribution in [2.24, 2.45) is 0 Å². The molecular weight excluding hydrogens is 256 g/mol. The molecular formula is C13H15ClO4. The fourth-order valence-electron chi connectivity index (χ4n) is 1.17. The van der Waals surface area contributed by atoms with Crippen LogP contribution in [-0.4, -0.2) is 19.7 Å². The van der Waals surface area contributed by atoms with E-state index in [-0.39, 0.29) is 12.4 Å². The van der Waals surface area contributed by atoms with Crippen molar-refractivity contribution in [1.29, 1.82) is 0 Å². The molecule has 0 aliphatic rings. The minimum atomic E-state index is -0.563. The lowest BCUT2D eigenvalue weighted by Crippen LogP contribution is -2.15. The lowest BCUT2D eigenvalue weighted by Gasteiger charge is -2.11. The fraction of sp³-hybridized carbons (Fsp3) is 0.308. The summed E-state index contributed by atoms with van der Waals surface area (Å²) in [6.45, 7) is 3.62. The number of halogens is 1. The lowest BCUT2D eigenvalue weighted by atomic mass is 10.3. The first-order valence-electron chi connectivity index (χ1n) is 5.44. The highest BCUT2D eigenvalue weighted by Gasteiger charge is 2.18. The maximum atomic E-state index is 11.7. The van der Waals surface area contributed by atoms with E-state index in [0.29, 0.717) is 16.5 Å². The van der Waals surface area contributed by atoms with Gasteiger partial charge < -0.3 is 14.2 Å². The van der Waals surface area contributed by atoms with E-state index < -0.39 is 5.97 Å². The number of allylic oxidation sites excluding steroid dienone is 1. The minimum absolute atomic E-state index is 0.0293. The van der Waals surface area contributed by atoms with Crippen LogP contribution in [0.5, 0.6) is 5.75 Å². The highest BCUT2D eigenvalue weighted by Crippen LogP contribution is 2.20. The van der Waals surface area contributed by atoms with E-state index in [9.17, 15) is 4.79 Å². The maximum absolute atomic E-state index is 11.7. The molecule has 5 heteroatoms. The first-order valence-corrected chi connectivity index (χ1v) is 5.81. The van der Waals surface area contributed by atoms with Crippen molar-refractivity contribution in [3.8, 4) is 5.75 Å². The quantitative estimate of drug-likeness (QED) is 0.468. The molecule has 0 saturated carbocycles. The van der Waals surface area contributed by atoms with Gasteiger partial charge in [-0.05, 0) is 38.1 Å². The third-order valence-corrected chi connectivity index (χ3v) is 2.37. The Kier molecular flexibility index (Phi) is 5.52. The van der Waals surface area contributed by atoms with Crippen LogP contribution in [0, 0.1) is 0 Å². The van der Waals surface area contributed by atoms with Gasteiger partial charge in [-0.3, -0.25) is 0 Å². The van der Waals surface area contributed by atoms with E-state index in [1.807, 2.05) is 0 Å². The number of hydrogen-bond donors (Lipinski definition) is 0. The number of carbonyl (C=O) groups is 1. The van der Waals surface area contributed by atoms with E-state index in [1.54, 1.807) is 38.1 Å². The molecule has 98 valence electrons. The molecule has 4 nitrogen and oxygen atoms in total. The molecule has 18 heavy (non-hydrogen) atoms. The summed E-state index contributed by atoms with van der Waals surface area (Å²) in [5.41, 5.74) is 0. The normalized spacial score (nSPS) is 11.6. The molecule has 0 N–H and O–H groups in total. The summed E-state index contributed by atoms with van der Waals surface area (Å²) in [5.74, 6) is 0.302. The van der Waals surface area contributed by atoms with Crippen LogP contribution in [0.15, 0.2) is 35.8 Å². The van der Waals surface area contributed by atoms with Crippen molar-refractivity contribution >= 4 is 17.6 Å². The molecule has 1 rings (SSSR count). The second kappa shape index (κ2) is 6.91. The third kappa shape index (κ3) is 3.96. The lowest BCUT2D eigenvalue weighted by molar-refractivity contribution is -0.141. The first-order chi connectivity index (χ1) is 8.58. The second-order valence-corrected chi connectivity index (χ2v) is 3.80. The number of benzene rings is 1. The molecule has 0 aliphatic heterocycles. The molecule has 0 aromatic heterocycles. The predicted octanol–water partition coefficient (Wildman–Crippen LogP) is 3.16. The van der Waals surface area contributed by atoms with Gasteiger partial charge in [0.2, 0.25) is 5.76 Å². The Hall–Kier alpha value is -1.68. The van der Waals surface area contributed by atoms with Crippen molar-refractivity contribution in [2.45, 2.75) is 13.8 Å². The number of methoxy groups -OCH3 is 1. The number of carbonyl (C=O) groups excluding carboxylic acids is 1. The Labute approximate surface area is 111 Å². The van der Waals surface area contributed by atoms with Gasteiger partial charge in [0.15, 0.2) is 0 Å². The number of hydrogen-bond acceptors (Lipinski definition) is 4. The fourth-order valence-corrected chi connectivity index (χ4v) is 1.29. The molecule has 0 saturated heterocycles. The van der Waals surface area contributed by atoms with Crippen molar-refractivity contribution in [2.75, 3.05) is 13.7 Å². The molecule has 0 radical (unpaired) electrons.